The van der Waals surface area contributed by atoms with Crippen molar-refractivity contribution in [2.45, 2.75) is 13.1 Å². The number of nitro groups is 1. The van der Waals surface area contributed by atoms with Crippen LogP contribution >= 0.6 is 11.3 Å². The molecule has 5 aromatic rings. The Labute approximate surface area is 215 Å². The quantitative estimate of drug-likeness (QED) is 0.203. The molecule has 0 aliphatic heterocycles. The highest BCUT2D eigenvalue weighted by atomic mass is 32.1. The molecular formula is C24H15F3N6O4S. The number of carbonyl (C=O) groups excluding carboxylic acids is 1. The lowest BCUT2D eigenvalue weighted by molar-refractivity contribution is -0.384. The van der Waals surface area contributed by atoms with Crippen LogP contribution in [0.15, 0.2) is 66.0 Å². The molecular weight excluding hydrogens is 525 g/mol. The van der Waals surface area contributed by atoms with E-state index in [1.165, 1.54) is 23.5 Å². The molecule has 0 aliphatic carbocycles. The van der Waals surface area contributed by atoms with Crippen molar-refractivity contribution >= 4 is 34.4 Å². The molecule has 0 atom stereocenters. The highest BCUT2D eigenvalue weighted by Crippen LogP contribution is 2.34. The van der Waals surface area contributed by atoms with Crippen LogP contribution in [0.1, 0.15) is 21.9 Å². The second kappa shape index (κ2) is 9.55. The monoisotopic (exact) mass is 540 g/mol. The maximum atomic E-state index is 13.8. The van der Waals surface area contributed by atoms with Crippen LogP contribution in [0.4, 0.5) is 24.5 Å². The normalized spacial score (nSPS) is 11.5. The van der Waals surface area contributed by atoms with E-state index in [1.54, 1.807) is 48.7 Å². The molecule has 1 N–H and O–H groups in total. The van der Waals surface area contributed by atoms with Crippen LogP contribution in [0.3, 0.4) is 0 Å². The van der Waals surface area contributed by atoms with Crippen molar-refractivity contribution in [3.8, 4) is 22.1 Å². The molecule has 3 heterocycles. The number of nitro benzene ring substituents is 1. The third-order valence-corrected chi connectivity index (χ3v) is 6.15. The Bertz CT molecular complexity index is 1680. The number of rotatable bonds is 6. The minimum atomic E-state index is -4.81. The van der Waals surface area contributed by atoms with Gasteiger partial charge in [0, 0.05) is 12.1 Å². The molecule has 2 aromatic carbocycles. The van der Waals surface area contributed by atoms with Gasteiger partial charge >= 0.3 is 6.18 Å². The standard InChI is InChI=1S/C24H15F3N6O4S/c1-13-5-2-3-6-18(13)37-16-10-14(9-15(11-16)33(35)36)28-22(34)21-30-23-29-17(19-7-4-8-38-19)12-20(24(25,26)27)32(23)31-21/h2-12H,1H3,(H,28,34). The summed E-state index contributed by atoms with van der Waals surface area (Å²) in [6.07, 6.45) is -4.81. The van der Waals surface area contributed by atoms with Crippen LogP contribution in [0, 0.1) is 17.0 Å². The predicted octanol–water partition coefficient (Wildman–Crippen LogP) is 6.13. The molecule has 0 saturated heterocycles. The fourth-order valence-corrected chi connectivity index (χ4v) is 4.21. The minimum absolute atomic E-state index is 0.0239. The van der Waals surface area contributed by atoms with Crippen LogP contribution in [0.5, 0.6) is 11.5 Å². The van der Waals surface area contributed by atoms with Gasteiger partial charge in [0.05, 0.1) is 27.2 Å². The number of non-ortho nitro benzene ring substituents is 1. The summed E-state index contributed by atoms with van der Waals surface area (Å²) in [6.45, 7) is 1.79. The zero-order valence-corrected chi connectivity index (χ0v) is 20.1. The van der Waals surface area contributed by atoms with Gasteiger partial charge in [0.15, 0.2) is 5.69 Å². The summed E-state index contributed by atoms with van der Waals surface area (Å²) in [5.41, 5.74) is -0.795. The highest BCUT2D eigenvalue weighted by molar-refractivity contribution is 7.13. The number of nitrogens with one attached hydrogen (secondary N) is 1. The average molecular weight is 540 g/mol. The number of amides is 1. The number of carbonyl (C=O) groups is 1. The van der Waals surface area contributed by atoms with Crippen molar-refractivity contribution in [1.82, 2.24) is 19.6 Å². The van der Waals surface area contributed by atoms with Crippen molar-refractivity contribution in [1.29, 1.82) is 0 Å². The molecule has 0 fully saturated rings. The van der Waals surface area contributed by atoms with E-state index in [-0.39, 0.29) is 22.8 Å². The maximum Gasteiger partial charge on any atom is 0.433 e. The highest BCUT2D eigenvalue weighted by Gasteiger charge is 2.36. The first-order valence-corrected chi connectivity index (χ1v) is 11.7. The molecule has 0 bridgehead atoms. The molecule has 0 radical (unpaired) electrons. The summed E-state index contributed by atoms with van der Waals surface area (Å²) < 4.78 is 47.5. The summed E-state index contributed by atoms with van der Waals surface area (Å²) in [5.74, 6) is -1.54. The van der Waals surface area contributed by atoms with E-state index in [4.69, 9.17) is 4.74 Å². The number of para-hydroxylation sites is 1. The molecule has 0 spiro atoms. The molecule has 5 rings (SSSR count). The fraction of sp³-hybridized carbons (Fsp3) is 0.0833. The number of benzene rings is 2. The van der Waals surface area contributed by atoms with Gasteiger partial charge in [-0.3, -0.25) is 14.9 Å². The van der Waals surface area contributed by atoms with Crippen LogP contribution in [-0.2, 0) is 6.18 Å². The first-order valence-electron chi connectivity index (χ1n) is 10.8. The molecule has 10 nitrogen and oxygen atoms in total. The van der Waals surface area contributed by atoms with Crippen molar-refractivity contribution < 1.29 is 27.6 Å². The lowest BCUT2D eigenvalue weighted by Gasteiger charge is -2.10. The number of halogens is 3. The van der Waals surface area contributed by atoms with Crippen LogP contribution in [0.2, 0.25) is 0 Å². The Kier molecular flexibility index (Phi) is 6.24. The Morgan fingerprint density at radius 2 is 1.89 bits per heavy atom. The topological polar surface area (TPSA) is 125 Å². The van der Waals surface area contributed by atoms with Gasteiger partial charge in [-0.15, -0.1) is 16.4 Å². The van der Waals surface area contributed by atoms with E-state index in [0.29, 0.717) is 15.1 Å². The summed E-state index contributed by atoms with van der Waals surface area (Å²) in [6, 6.07) is 14.7. The zero-order chi connectivity index (χ0) is 27.0. The van der Waals surface area contributed by atoms with Gasteiger partial charge in [-0.05, 0) is 36.1 Å². The van der Waals surface area contributed by atoms with Crippen molar-refractivity contribution in [3.05, 3.63) is 93.2 Å². The van der Waals surface area contributed by atoms with E-state index < -0.39 is 34.3 Å². The second-order valence-electron chi connectivity index (χ2n) is 7.94. The fourth-order valence-electron chi connectivity index (χ4n) is 3.52. The number of aryl methyl sites for hydroxylation is 1. The number of thiophene rings is 1. The lowest BCUT2D eigenvalue weighted by atomic mass is 10.2. The lowest BCUT2D eigenvalue weighted by Crippen LogP contribution is -2.16. The number of anilines is 1. The Morgan fingerprint density at radius 1 is 1.11 bits per heavy atom. The summed E-state index contributed by atoms with van der Waals surface area (Å²) in [7, 11) is 0. The molecule has 14 heteroatoms. The smallest absolute Gasteiger partial charge is 0.433 e. The number of ether oxygens (including phenoxy) is 1. The number of alkyl halides is 3. The molecule has 0 aliphatic rings. The third-order valence-electron chi connectivity index (χ3n) is 5.26. The van der Waals surface area contributed by atoms with Crippen molar-refractivity contribution in [2.24, 2.45) is 0 Å². The first kappa shape index (κ1) is 24.8. The summed E-state index contributed by atoms with van der Waals surface area (Å²) in [4.78, 5) is 32.2. The number of hydrogen-bond acceptors (Lipinski definition) is 8. The van der Waals surface area contributed by atoms with Gasteiger partial charge < -0.3 is 10.1 Å². The maximum absolute atomic E-state index is 13.8. The molecule has 38 heavy (non-hydrogen) atoms. The molecule has 0 saturated carbocycles. The van der Waals surface area contributed by atoms with Crippen LogP contribution in [0.25, 0.3) is 16.3 Å². The largest absolute Gasteiger partial charge is 0.457 e. The number of fused-ring (bicyclic) bond motifs is 1. The molecule has 1 amide bonds. The minimum Gasteiger partial charge on any atom is -0.457 e. The van der Waals surface area contributed by atoms with Gasteiger partial charge in [-0.1, -0.05) is 24.3 Å². The van der Waals surface area contributed by atoms with Crippen molar-refractivity contribution in [2.75, 3.05) is 5.32 Å². The Morgan fingerprint density at radius 3 is 2.58 bits per heavy atom. The Balaban J connectivity index is 1.50. The molecule has 3 aromatic heterocycles. The number of aromatic nitrogens is 4. The number of hydrogen-bond donors (Lipinski definition) is 1. The predicted molar refractivity (Wildman–Crippen MR) is 131 cm³/mol. The van der Waals surface area contributed by atoms with Crippen LogP contribution < -0.4 is 10.1 Å². The van der Waals surface area contributed by atoms with E-state index in [1.807, 2.05) is 0 Å². The molecule has 192 valence electrons. The number of nitrogens with zero attached hydrogens (tertiary/aromatic N) is 5. The average Bonchev–Trinajstić information content (AvgIpc) is 3.54. The van der Waals surface area contributed by atoms with Gasteiger partial charge in [0.25, 0.3) is 17.4 Å². The summed E-state index contributed by atoms with van der Waals surface area (Å²) in [5, 5.41) is 19.2. The van der Waals surface area contributed by atoms with Gasteiger partial charge in [0.2, 0.25) is 5.82 Å². The molecule has 0 unspecified atom stereocenters. The van der Waals surface area contributed by atoms with Crippen molar-refractivity contribution in [3.63, 3.8) is 0 Å². The SMILES string of the molecule is Cc1ccccc1Oc1cc(NC(=O)c2nc3nc(-c4cccs4)cc(C(F)(F)F)n3n2)cc([N+](=O)[O-])c1. The second-order valence-corrected chi connectivity index (χ2v) is 8.89. The van der Waals surface area contributed by atoms with Gasteiger partial charge in [-0.25, -0.2) is 4.98 Å². The van der Waals surface area contributed by atoms with E-state index >= 15 is 0 Å². The third kappa shape index (κ3) is 5.01. The Hall–Kier alpha value is -4.85. The summed E-state index contributed by atoms with van der Waals surface area (Å²) >= 11 is 1.19. The van der Waals surface area contributed by atoms with E-state index in [9.17, 15) is 28.1 Å². The zero-order valence-electron chi connectivity index (χ0n) is 19.3. The van der Waals surface area contributed by atoms with Gasteiger partial charge in [-0.2, -0.15) is 22.7 Å². The van der Waals surface area contributed by atoms with Crippen LogP contribution in [-0.4, -0.2) is 30.4 Å². The van der Waals surface area contributed by atoms with E-state index in [0.717, 1.165) is 17.7 Å². The van der Waals surface area contributed by atoms with Gasteiger partial charge in [0.1, 0.15) is 11.5 Å². The van der Waals surface area contributed by atoms with E-state index in [2.05, 4.69) is 20.4 Å². The first-order chi connectivity index (χ1) is 18.1.